The van der Waals surface area contributed by atoms with E-state index < -0.39 is 20.2 Å². The Morgan fingerprint density at radius 2 is 0.551 bits per heavy atom. The van der Waals surface area contributed by atoms with Gasteiger partial charge in [0.15, 0.2) is 0 Å². The molecular formula is C52H34N8O6PtS2. The van der Waals surface area contributed by atoms with E-state index in [1.54, 1.807) is 24.3 Å². The van der Waals surface area contributed by atoms with Crippen LogP contribution in [0.15, 0.2) is 143 Å². The van der Waals surface area contributed by atoms with Gasteiger partial charge >= 0.3 is 21.1 Å². The number of rotatable bonds is 4. The zero-order valence-corrected chi connectivity index (χ0v) is 39.6. The summed E-state index contributed by atoms with van der Waals surface area (Å²) in [7, 11) is -9.07. The Morgan fingerprint density at radius 3 is 0.783 bits per heavy atom. The molecule has 0 unspecified atom stereocenters. The fourth-order valence-corrected chi connectivity index (χ4v) is 9.12. The number of nitrogens with one attached hydrogen (secondary N) is 4. The van der Waals surface area contributed by atoms with E-state index in [9.17, 15) is 25.9 Å². The van der Waals surface area contributed by atoms with Gasteiger partial charge in [-0.1, -0.05) is 24.3 Å². The number of H-pyrrole nitrogens is 4. The van der Waals surface area contributed by atoms with E-state index in [0.717, 1.165) is 78.0 Å². The molecule has 0 saturated carbocycles. The predicted octanol–water partition coefficient (Wildman–Crippen LogP) is 10.5. The van der Waals surface area contributed by atoms with Crippen molar-refractivity contribution in [1.29, 1.82) is 0 Å². The van der Waals surface area contributed by atoms with Crippen molar-refractivity contribution in [2.75, 3.05) is 0 Å². The van der Waals surface area contributed by atoms with Crippen LogP contribution < -0.4 is 0 Å². The smallest absolute Gasteiger partial charge is 0.744 e. The molecular weight excluding hydrogens is 1090 g/mol. The third kappa shape index (κ3) is 9.79. The molecule has 8 aromatic rings. The van der Waals surface area contributed by atoms with Crippen LogP contribution in [0.5, 0.6) is 0 Å². The van der Waals surface area contributed by atoms with Gasteiger partial charge < -0.3 is 29.0 Å². The average molecular weight is 1130 g/mol. The van der Waals surface area contributed by atoms with Gasteiger partial charge in [-0.2, -0.15) is 0 Å². The van der Waals surface area contributed by atoms with Crippen molar-refractivity contribution in [3.63, 3.8) is 0 Å². The molecule has 6 aromatic heterocycles. The molecule has 0 spiro atoms. The summed E-state index contributed by atoms with van der Waals surface area (Å²) in [5.41, 5.74) is 16.3. The van der Waals surface area contributed by atoms with Gasteiger partial charge in [0.25, 0.3) is 0 Å². The molecule has 0 radical (unpaired) electrons. The van der Waals surface area contributed by atoms with Crippen molar-refractivity contribution < 1.29 is 47.0 Å². The Morgan fingerprint density at radius 1 is 0.319 bits per heavy atom. The topological polar surface area (TPSA) is 229 Å². The van der Waals surface area contributed by atoms with Gasteiger partial charge in [-0.3, -0.25) is 0 Å². The van der Waals surface area contributed by atoms with Gasteiger partial charge in [-0.05, 0) is 169 Å². The first kappa shape index (κ1) is 45.0. The van der Waals surface area contributed by atoms with Crippen LogP contribution in [0, 0.1) is 0 Å². The summed E-state index contributed by atoms with van der Waals surface area (Å²) in [5.74, 6) is 0. The molecule has 0 saturated heterocycles. The van der Waals surface area contributed by atoms with Crippen LogP contribution in [0.2, 0.25) is 0 Å². The minimum atomic E-state index is -4.53. The van der Waals surface area contributed by atoms with E-state index in [0.29, 0.717) is 33.9 Å². The zero-order valence-electron chi connectivity index (χ0n) is 35.7. The second-order valence-electron chi connectivity index (χ2n) is 16.1. The number of nitrogens with zero attached hydrogens (tertiary/aromatic N) is 4. The Balaban J connectivity index is 0.000000158. The van der Waals surface area contributed by atoms with Crippen molar-refractivity contribution in [3.8, 4) is 22.3 Å². The van der Waals surface area contributed by atoms with Gasteiger partial charge in [0.1, 0.15) is 20.2 Å². The molecule has 10 heterocycles. The summed E-state index contributed by atoms with van der Waals surface area (Å²) in [5, 5.41) is 0. The summed E-state index contributed by atoms with van der Waals surface area (Å²) in [6.45, 7) is 0. The molecule has 17 heteroatoms. The van der Waals surface area contributed by atoms with Crippen LogP contribution in [0.25, 0.3) is 115 Å². The van der Waals surface area contributed by atoms with Gasteiger partial charge in [-0.25, -0.2) is 36.8 Å². The third-order valence-electron chi connectivity index (χ3n) is 11.3. The first-order chi connectivity index (χ1) is 32.8. The summed E-state index contributed by atoms with van der Waals surface area (Å²) < 4.78 is 68.3. The van der Waals surface area contributed by atoms with Crippen molar-refractivity contribution in [2.24, 2.45) is 0 Å². The van der Waals surface area contributed by atoms with Crippen LogP contribution in [-0.4, -0.2) is 65.8 Å². The minimum absolute atomic E-state index is 0. The summed E-state index contributed by atoms with van der Waals surface area (Å²) >= 11 is 0. The van der Waals surface area contributed by atoms with Crippen LogP contribution in [0.3, 0.4) is 0 Å². The second-order valence-corrected chi connectivity index (χ2v) is 18.8. The number of hydrogen-bond donors (Lipinski definition) is 4. The monoisotopic (exact) mass is 1130 g/mol. The van der Waals surface area contributed by atoms with E-state index in [1.807, 2.05) is 134 Å². The summed E-state index contributed by atoms with van der Waals surface area (Å²) in [6.07, 6.45) is 15.3. The second kappa shape index (κ2) is 18.0. The van der Waals surface area contributed by atoms with E-state index in [4.69, 9.17) is 19.9 Å². The predicted molar refractivity (Wildman–Crippen MR) is 265 cm³/mol. The van der Waals surface area contributed by atoms with Crippen LogP contribution in [0.4, 0.5) is 0 Å². The van der Waals surface area contributed by atoms with Gasteiger partial charge in [0.05, 0.1) is 55.3 Å². The van der Waals surface area contributed by atoms with Crippen molar-refractivity contribution >= 4 is 113 Å². The number of benzene rings is 2. The molecule has 0 fully saturated rings. The molecule has 16 bridgehead atoms. The van der Waals surface area contributed by atoms with Crippen molar-refractivity contribution in [1.82, 2.24) is 39.9 Å². The van der Waals surface area contributed by atoms with Crippen molar-refractivity contribution in [2.45, 2.75) is 9.79 Å². The maximum atomic E-state index is 11.4. The van der Waals surface area contributed by atoms with Crippen molar-refractivity contribution in [3.05, 3.63) is 179 Å². The summed E-state index contributed by atoms with van der Waals surface area (Å²) in [4.78, 5) is 32.1. The largest absolute Gasteiger partial charge is 2.00 e. The molecule has 0 amide bonds. The molecule has 14 nitrogen and oxygen atoms in total. The zero-order chi connectivity index (χ0) is 46.6. The van der Waals surface area contributed by atoms with E-state index in [1.165, 1.54) is 24.3 Å². The first-order valence-electron chi connectivity index (χ1n) is 21.1. The maximum absolute atomic E-state index is 11.4. The SMILES string of the molecule is O=S(=O)([O-])c1ccc(-c2c3nc(cc4ccc(cc5ccc(cc6nc2C=C6)[nH]5)[nH]4)C=C3)cc1.O=S(=O)([O-])c1ccc(-c2c3nc(cc4ccc(cc5ccc(cc6nc2C=C6)[nH]5)[nH]4)C=C3)cc1.[Pt+2]. The molecule has 0 atom stereocenters. The molecule has 0 aliphatic carbocycles. The Hall–Kier alpha value is -7.85. The molecule has 69 heavy (non-hydrogen) atoms. The maximum Gasteiger partial charge on any atom is 2.00 e. The quantitative estimate of drug-likeness (QED) is 0.122. The standard InChI is InChI=1S/2C26H18N4O3S.Pt/c2*31-34(32,33)23-9-1-16(2-10-23)26-24-11-7-21(29-24)14-19-5-3-17(27-19)13-18-4-6-20(28-18)15-22-8-12-25(26)30-22;/h2*1-15,27-28H,(H,31,32,33);/q;;+2/p-2. The number of hydrogen-bond acceptors (Lipinski definition) is 10. The van der Waals surface area contributed by atoms with E-state index >= 15 is 0 Å². The molecule has 12 rings (SSSR count). The number of fused-ring (bicyclic) bond motifs is 16. The molecule has 4 aliphatic heterocycles. The molecule has 2 aromatic carbocycles. The van der Waals surface area contributed by atoms with E-state index in [-0.39, 0.29) is 30.9 Å². The van der Waals surface area contributed by atoms with Gasteiger partial charge in [0, 0.05) is 55.3 Å². The molecule has 340 valence electrons. The fraction of sp³-hybridized carbons (Fsp3) is 0. The fourth-order valence-electron chi connectivity index (χ4n) is 8.18. The van der Waals surface area contributed by atoms with Gasteiger partial charge in [-0.15, -0.1) is 0 Å². The van der Waals surface area contributed by atoms with E-state index in [2.05, 4.69) is 19.9 Å². The van der Waals surface area contributed by atoms with Crippen LogP contribution in [-0.2, 0) is 41.3 Å². The third-order valence-corrected chi connectivity index (χ3v) is 13.0. The Bertz CT molecular complexity index is 3640. The van der Waals surface area contributed by atoms with Gasteiger partial charge in [0.2, 0.25) is 0 Å². The van der Waals surface area contributed by atoms with Crippen LogP contribution >= 0.6 is 0 Å². The average Bonchev–Trinajstić information content (AvgIpc) is 4.16. The normalized spacial score (nSPS) is 12.7. The molecule has 4 aliphatic rings. The number of aromatic amines is 4. The molecule has 4 N–H and O–H groups in total. The Kier molecular flexibility index (Phi) is 11.7. The summed E-state index contributed by atoms with van der Waals surface area (Å²) in [6, 6.07) is 39.6. The Labute approximate surface area is 408 Å². The first-order valence-corrected chi connectivity index (χ1v) is 23.9. The van der Waals surface area contributed by atoms with Crippen LogP contribution in [0.1, 0.15) is 45.6 Å². The minimum Gasteiger partial charge on any atom is -0.744 e. The number of aromatic nitrogens is 8.